The lowest BCUT2D eigenvalue weighted by Crippen LogP contribution is -2.56. The summed E-state index contributed by atoms with van der Waals surface area (Å²) in [5.41, 5.74) is 0. The van der Waals surface area contributed by atoms with Gasteiger partial charge in [0.25, 0.3) is 0 Å². The summed E-state index contributed by atoms with van der Waals surface area (Å²) < 4.78 is 18.4. The highest BCUT2D eigenvalue weighted by atomic mass is 16.6. The smallest absolute Gasteiger partial charge is 0.409 e. The fraction of sp³-hybridized carbons (Fsp3) is 0.400. The Hall–Kier alpha value is -4.35. The fourth-order valence-corrected chi connectivity index (χ4v) is 4.48. The van der Waals surface area contributed by atoms with Crippen LogP contribution < -0.4 is 19.7 Å². The van der Waals surface area contributed by atoms with Crippen LogP contribution in [0.25, 0.3) is 5.95 Å². The molecular formula is C25H29N7O5. The van der Waals surface area contributed by atoms with Gasteiger partial charge in [-0.05, 0) is 18.2 Å². The Bertz CT molecular complexity index is 1220. The van der Waals surface area contributed by atoms with Crippen molar-refractivity contribution in [3.8, 4) is 17.4 Å². The minimum Gasteiger partial charge on any atom is -0.486 e. The van der Waals surface area contributed by atoms with Gasteiger partial charge in [-0.15, -0.1) is 0 Å². The number of hydrogen-bond donors (Lipinski definition) is 1. The summed E-state index contributed by atoms with van der Waals surface area (Å²) in [5, 5.41) is 2.95. The van der Waals surface area contributed by atoms with E-state index in [0.717, 1.165) is 5.75 Å². The average molecular weight is 508 g/mol. The lowest BCUT2D eigenvalue weighted by Gasteiger charge is -2.40. The van der Waals surface area contributed by atoms with E-state index in [1.54, 1.807) is 34.4 Å². The lowest BCUT2D eigenvalue weighted by atomic mass is 10.1. The number of nitrogens with zero attached hydrogens (tertiary/aromatic N) is 6. The Morgan fingerprint density at radius 3 is 2.84 bits per heavy atom. The zero-order valence-corrected chi connectivity index (χ0v) is 20.5. The van der Waals surface area contributed by atoms with E-state index in [1.807, 2.05) is 35.2 Å². The maximum absolute atomic E-state index is 12.8. The standard InChI is InChI=1S/C25H29N7O5/c1-35-25(34)32-13-12-30(22-7-9-28-24(29-22)31-11-10-26-17-31)15-18(32)14-23(33)27-8-6-19-16-36-20-4-2-3-5-21(20)37-19/h2-5,7,9-11,17-19H,6,8,12-16H2,1H3,(H,27,33). The average Bonchev–Trinajstić information content (AvgIpc) is 3.48. The van der Waals surface area contributed by atoms with E-state index in [4.69, 9.17) is 14.2 Å². The Morgan fingerprint density at radius 1 is 1.16 bits per heavy atom. The van der Waals surface area contributed by atoms with Gasteiger partial charge < -0.3 is 29.3 Å². The first-order valence-electron chi connectivity index (χ1n) is 12.2. The number of anilines is 1. The number of nitrogens with one attached hydrogen (secondary N) is 1. The molecule has 2 amide bonds. The van der Waals surface area contributed by atoms with Crippen molar-refractivity contribution in [1.82, 2.24) is 29.7 Å². The SMILES string of the molecule is COC(=O)N1CCN(c2ccnc(-n3ccnc3)n2)CC1CC(=O)NCCC1COc2ccccc2O1. The minimum atomic E-state index is -0.453. The molecule has 5 rings (SSSR count). The van der Waals surface area contributed by atoms with Crippen LogP contribution in [0.15, 0.2) is 55.2 Å². The molecule has 1 saturated heterocycles. The molecule has 0 spiro atoms. The van der Waals surface area contributed by atoms with Crippen LogP contribution in [-0.4, -0.2) is 88.5 Å². The Morgan fingerprint density at radius 2 is 2.03 bits per heavy atom. The van der Waals surface area contributed by atoms with Gasteiger partial charge in [-0.25, -0.2) is 14.8 Å². The molecule has 0 aliphatic carbocycles. The molecule has 1 N–H and O–H groups in total. The molecule has 12 nitrogen and oxygen atoms in total. The largest absolute Gasteiger partial charge is 0.486 e. The van der Waals surface area contributed by atoms with Gasteiger partial charge in [0.05, 0.1) is 13.2 Å². The maximum Gasteiger partial charge on any atom is 0.409 e. The van der Waals surface area contributed by atoms with Crippen LogP contribution in [0.1, 0.15) is 12.8 Å². The molecule has 194 valence electrons. The molecule has 2 atom stereocenters. The second kappa shape index (κ2) is 11.1. The van der Waals surface area contributed by atoms with Gasteiger partial charge in [-0.3, -0.25) is 9.36 Å². The van der Waals surface area contributed by atoms with Crippen molar-refractivity contribution < 1.29 is 23.8 Å². The van der Waals surface area contributed by atoms with Gasteiger partial charge in [-0.1, -0.05) is 12.1 Å². The van der Waals surface area contributed by atoms with Crippen molar-refractivity contribution in [2.45, 2.75) is 25.0 Å². The summed E-state index contributed by atoms with van der Waals surface area (Å²) in [6, 6.07) is 8.97. The highest BCUT2D eigenvalue weighted by Gasteiger charge is 2.33. The van der Waals surface area contributed by atoms with Crippen molar-refractivity contribution in [1.29, 1.82) is 0 Å². The number of imidazole rings is 1. The first-order valence-corrected chi connectivity index (χ1v) is 12.2. The predicted molar refractivity (Wildman–Crippen MR) is 133 cm³/mol. The normalized spacial score (nSPS) is 18.8. The molecule has 1 fully saturated rings. The molecule has 0 radical (unpaired) electrons. The second-order valence-electron chi connectivity index (χ2n) is 8.79. The third-order valence-corrected chi connectivity index (χ3v) is 6.36. The fourth-order valence-electron chi connectivity index (χ4n) is 4.48. The number of fused-ring (bicyclic) bond motifs is 1. The van der Waals surface area contributed by atoms with Crippen LogP contribution in [-0.2, 0) is 9.53 Å². The van der Waals surface area contributed by atoms with Gasteiger partial charge in [-0.2, -0.15) is 4.98 Å². The number of piperazine rings is 1. The van der Waals surface area contributed by atoms with Gasteiger partial charge >= 0.3 is 6.09 Å². The van der Waals surface area contributed by atoms with Crippen LogP contribution in [0.5, 0.6) is 11.5 Å². The number of carbonyl (C=O) groups is 2. The van der Waals surface area contributed by atoms with Crippen LogP contribution in [0.4, 0.5) is 10.6 Å². The van der Waals surface area contributed by atoms with E-state index >= 15 is 0 Å². The number of benzene rings is 1. The third-order valence-electron chi connectivity index (χ3n) is 6.36. The molecule has 12 heteroatoms. The summed E-state index contributed by atoms with van der Waals surface area (Å²) in [5.74, 6) is 2.50. The zero-order valence-electron chi connectivity index (χ0n) is 20.5. The van der Waals surface area contributed by atoms with E-state index in [9.17, 15) is 9.59 Å². The molecule has 0 saturated carbocycles. The highest BCUT2D eigenvalue weighted by molar-refractivity contribution is 5.78. The molecule has 0 bridgehead atoms. The minimum absolute atomic E-state index is 0.135. The molecule has 2 aromatic heterocycles. The number of carbonyl (C=O) groups excluding carboxylic acids is 2. The van der Waals surface area contributed by atoms with E-state index in [0.29, 0.717) is 56.7 Å². The van der Waals surface area contributed by atoms with Gasteiger partial charge in [0.1, 0.15) is 24.9 Å². The maximum atomic E-state index is 12.8. The third kappa shape index (κ3) is 5.74. The van der Waals surface area contributed by atoms with E-state index < -0.39 is 6.09 Å². The van der Waals surface area contributed by atoms with Gasteiger partial charge in [0.2, 0.25) is 11.9 Å². The number of amides is 2. The summed E-state index contributed by atoms with van der Waals surface area (Å²) in [4.78, 5) is 41.9. The summed E-state index contributed by atoms with van der Waals surface area (Å²) in [6.45, 7) is 2.25. The Labute approximate surface area is 214 Å². The first-order chi connectivity index (χ1) is 18.1. The number of methoxy groups -OCH3 is 1. The van der Waals surface area contributed by atoms with E-state index in [-0.39, 0.29) is 24.5 Å². The van der Waals surface area contributed by atoms with Crippen LogP contribution in [0, 0.1) is 0 Å². The second-order valence-corrected chi connectivity index (χ2v) is 8.79. The Kier molecular flexibility index (Phi) is 7.33. The first kappa shape index (κ1) is 24.3. The number of ether oxygens (including phenoxy) is 3. The zero-order chi connectivity index (χ0) is 25.6. The van der Waals surface area contributed by atoms with Crippen molar-refractivity contribution in [3.05, 3.63) is 55.2 Å². The van der Waals surface area contributed by atoms with Crippen molar-refractivity contribution in [2.75, 3.05) is 44.8 Å². The highest BCUT2D eigenvalue weighted by Crippen LogP contribution is 2.31. The van der Waals surface area contributed by atoms with E-state index in [2.05, 4.69) is 20.3 Å². The summed E-state index contributed by atoms with van der Waals surface area (Å²) >= 11 is 0. The molecule has 3 aromatic rings. The molecular weight excluding hydrogens is 478 g/mol. The molecule has 2 aliphatic rings. The van der Waals surface area contributed by atoms with Crippen LogP contribution in [0.3, 0.4) is 0 Å². The van der Waals surface area contributed by atoms with Gasteiger partial charge in [0.15, 0.2) is 11.5 Å². The summed E-state index contributed by atoms with van der Waals surface area (Å²) in [7, 11) is 1.35. The van der Waals surface area contributed by atoms with Crippen molar-refractivity contribution in [2.24, 2.45) is 0 Å². The molecule has 2 aliphatic heterocycles. The van der Waals surface area contributed by atoms with Crippen molar-refractivity contribution >= 4 is 17.8 Å². The Balaban J connectivity index is 1.18. The summed E-state index contributed by atoms with van der Waals surface area (Å²) in [6.07, 6.45) is 6.88. The van der Waals surface area contributed by atoms with Crippen molar-refractivity contribution in [3.63, 3.8) is 0 Å². The van der Waals surface area contributed by atoms with Crippen LogP contribution >= 0.6 is 0 Å². The monoisotopic (exact) mass is 507 g/mol. The molecule has 37 heavy (non-hydrogen) atoms. The lowest BCUT2D eigenvalue weighted by molar-refractivity contribution is -0.122. The number of para-hydroxylation sites is 2. The topological polar surface area (TPSA) is 124 Å². The molecule has 1 aromatic carbocycles. The van der Waals surface area contributed by atoms with Gasteiger partial charge in [0, 0.05) is 57.6 Å². The molecule has 2 unspecified atom stereocenters. The molecule has 4 heterocycles. The number of rotatable bonds is 7. The quantitative estimate of drug-likeness (QED) is 0.508. The van der Waals surface area contributed by atoms with Crippen LogP contribution in [0.2, 0.25) is 0 Å². The number of hydrogen-bond acceptors (Lipinski definition) is 9. The number of aromatic nitrogens is 4. The predicted octanol–water partition coefficient (Wildman–Crippen LogP) is 1.66. The van der Waals surface area contributed by atoms with E-state index in [1.165, 1.54) is 7.11 Å².